The second-order valence-corrected chi connectivity index (χ2v) is 9.82. The standard InChI is InChI=1S/C19H44N2O3Si/c1-5-6-7-8-9-10-11-12-13-15-20-17-18-21-16-14-19-25(22-2,23-3)24-4/h20-21H,5-19H2,1-4H3. The first-order chi connectivity index (χ1) is 12.2. The fraction of sp³-hybridized carbons (Fsp3) is 1.00. The molecule has 2 N–H and O–H groups in total. The van der Waals surface area contributed by atoms with Crippen LogP contribution in [-0.2, 0) is 13.3 Å². The van der Waals surface area contributed by atoms with Crippen LogP contribution in [0.1, 0.15) is 71.1 Å². The fourth-order valence-electron chi connectivity index (χ4n) is 2.97. The molecule has 0 aliphatic rings. The zero-order chi connectivity index (χ0) is 18.6. The number of hydrogen-bond acceptors (Lipinski definition) is 5. The van der Waals surface area contributed by atoms with E-state index >= 15 is 0 Å². The van der Waals surface area contributed by atoms with E-state index in [1.54, 1.807) is 21.3 Å². The molecule has 0 aliphatic carbocycles. The van der Waals surface area contributed by atoms with Gasteiger partial charge in [-0.15, -0.1) is 0 Å². The van der Waals surface area contributed by atoms with Crippen LogP contribution in [0.15, 0.2) is 0 Å². The van der Waals surface area contributed by atoms with E-state index in [0.29, 0.717) is 0 Å². The maximum absolute atomic E-state index is 5.41. The highest BCUT2D eigenvalue weighted by Gasteiger charge is 2.36. The van der Waals surface area contributed by atoms with E-state index in [-0.39, 0.29) is 0 Å². The molecular formula is C19H44N2O3Si. The molecule has 0 aliphatic heterocycles. The largest absolute Gasteiger partial charge is 0.500 e. The quantitative estimate of drug-likeness (QED) is 0.249. The SMILES string of the molecule is CCCCCCCCCCCNCCNCCC[Si](OC)(OC)OC. The van der Waals surface area contributed by atoms with Crippen molar-refractivity contribution in [2.45, 2.75) is 77.2 Å². The maximum Gasteiger partial charge on any atom is 0.500 e. The Kier molecular flexibility index (Phi) is 18.8. The van der Waals surface area contributed by atoms with Crippen LogP contribution in [-0.4, -0.2) is 56.3 Å². The van der Waals surface area contributed by atoms with Gasteiger partial charge < -0.3 is 23.9 Å². The Morgan fingerprint density at radius 2 is 1.00 bits per heavy atom. The van der Waals surface area contributed by atoms with E-state index < -0.39 is 8.80 Å². The molecule has 0 radical (unpaired) electrons. The molecule has 5 nitrogen and oxygen atoms in total. The lowest BCUT2D eigenvalue weighted by molar-refractivity contribution is 0.123. The first kappa shape index (κ1) is 25.0. The van der Waals surface area contributed by atoms with E-state index in [1.807, 2.05) is 0 Å². The molecule has 0 aromatic rings. The van der Waals surface area contributed by atoms with Gasteiger partial charge in [0.05, 0.1) is 0 Å². The molecule has 25 heavy (non-hydrogen) atoms. The van der Waals surface area contributed by atoms with Crippen molar-refractivity contribution in [1.82, 2.24) is 10.6 Å². The second kappa shape index (κ2) is 18.8. The third-order valence-corrected chi connectivity index (χ3v) is 7.54. The average molecular weight is 377 g/mol. The highest BCUT2D eigenvalue weighted by molar-refractivity contribution is 6.60. The lowest BCUT2D eigenvalue weighted by Gasteiger charge is -2.24. The van der Waals surface area contributed by atoms with Gasteiger partial charge in [-0.1, -0.05) is 58.3 Å². The Labute approximate surface area is 157 Å². The van der Waals surface area contributed by atoms with Gasteiger partial charge in [-0.25, -0.2) is 0 Å². The van der Waals surface area contributed by atoms with Crippen LogP contribution in [0.3, 0.4) is 0 Å². The molecule has 0 unspecified atom stereocenters. The number of rotatable bonds is 20. The molecule has 0 bridgehead atoms. The summed E-state index contributed by atoms with van der Waals surface area (Å²) in [5.74, 6) is 0. The summed E-state index contributed by atoms with van der Waals surface area (Å²) in [5, 5.41) is 6.98. The van der Waals surface area contributed by atoms with Gasteiger partial charge in [-0.3, -0.25) is 0 Å². The molecule has 0 spiro atoms. The topological polar surface area (TPSA) is 51.8 Å². The minimum absolute atomic E-state index is 0.857. The number of unbranched alkanes of at least 4 members (excludes halogenated alkanes) is 8. The van der Waals surface area contributed by atoms with Crippen LogP contribution in [0, 0.1) is 0 Å². The normalized spacial score (nSPS) is 12.0. The highest BCUT2D eigenvalue weighted by atomic mass is 28.4. The van der Waals surface area contributed by atoms with Gasteiger partial charge in [0, 0.05) is 40.5 Å². The summed E-state index contributed by atoms with van der Waals surface area (Å²) >= 11 is 0. The van der Waals surface area contributed by atoms with E-state index in [4.69, 9.17) is 13.3 Å². The summed E-state index contributed by atoms with van der Waals surface area (Å²) in [6.07, 6.45) is 13.5. The van der Waals surface area contributed by atoms with Gasteiger partial charge in [0.15, 0.2) is 0 Å². The Morgan fingerprint density at radius 1 is 0.560 bits per heavy atom. The highest BCUT2D eigenvalue weighted by Crippen LogP contribution is 2.14. The smallest absolute Gasteiger partial charge is 0.377 e. The average Bonchev–Trinajstić information content (AvgIpc) is 2.65. The van der Waals surface area contributed by atoms with Gasteiger partial charge in [-0.05, 0) is 25.9 Å². The summed E-state index contributed by atoms with van der Waals surface area (Å²) in [4.78, 5) is 0. The Morgan fingerprint density at radius 3 is 1.48 bits per heavy atom. The van der Waals surface area contributed by atoms with Crippen LogP contribution >= 0.6 is 0 Å². The molecule has 0 fully saturated rings. The number of nitrogens with one attached hydrogen (secondary N) is 2. The minimum Gasteiger partial charge on any atom is -0.377 e. The minimum atomic E-state index is -2.38. The molecule has 6 heteroatoms. The Hall–Kier alpha value is 0.0169. The fourth-order valence-corrected chi connectivity index (χ4v) is 4.70. The predicted molar refractivity (Wildman–Crippen MR) is 109 cm³/mol. The van der Waals surface area contributed by atoms with E-state index in [9.17, 15) is 0 Å². The molecule has 0 aromatic carbocycles. The summed E-state index contributed by atoms with van der Waals surface area (Å²) < 4.78 is 16.2. The van der Waals surface area contributed by atoms with Crippen LogP contribution in [0.2, 0.25) is 6.04 Å². The summed E-state index contributed by atoms with van der Waals surface area (Å²) in [7, 11) is 2.63. The molecule has 152 valence electrons. The molecule has 0 heterocycles. The monoisotopic (exact) mass is 376 g/mol. The zero-order valence-electron chi connectivity index (χ0n) is 17.3. The Bertz CT molecular complexity index is 259. The zero-order valence-corrected chi connectivity index (χ0v) is 18.3. The lowest BCUT2D eigenvalue weighted by Crippen LogP contribution is -2.43. The first-order valence-electron chi connectivity index (χ1n) is 10.3. The molecule has 0 amide bonds. The van der Waals surface area contributed by atoms with E-state index in [1.165, 1.54) is 57.8 Å². The van der Waals surface area contributed by atoms with Gasteiger partial charge in [0.2, 0.25) is 0 Å². The van der Waals surface area contributed by atoms with E-state index in [2.05, 4.69) is 17.6 Å². The van der Waals surface area contributed by atoms with Gasteiger partial charge in [0.1, 0.15) is 0 Å². The van der Waals surface area contributed by atoms with Crippen LogP contribution < -0.4 is 10.6 Å². The van der Waals surface area contributed by atoms with Crippen molar-refractivity contribution in [2.75, 3.05) is 47.5 Å². The van der Waals surface area contributed by atoms with Crippen molar-refractivity contribution in [3.63, 3.8) is 0 Å². The van der Waals surface area contributed by atoms with Gasteiger partial charge in [0.25, 0.3) is 0 Å². The van der Waals surface area contributed by atoms with Crippen LogP contribution in [0.5, 0.6) is 0 Å². The molecule has 0 aromatic heterocycles. The van der Waals surface area contributed by atoms with Crippen LogP contribution in [0.25, 0.3) is 0 Å². The van der Waals surface area contributed by atoms with Gasteiger partial charge >= 0.3 is 8.80 Å². The second-order valence-electron chi connectivity index (χ2n) is 6.73. The van der Waals surface area contributed by atoms with Crippen molar-refractivity contribution >= 4 is 8.80 Å². The van der Waals surface area contributed by atoms with E-state index in [0.717, 1.165) is 38.6 Å². The predicted octanol–water partition coefficient (Wildman–Crippen LogP) is 3.96. The summed E-state index contributed by atoms with van der Waals surface area (Å²) in [5.41, 5.74) is 0. The third kappa shape index (κ3) is 14.8. The molecule has 0 atom stereocenters. The molecule has 0 saturated heterocycles. The summed E-state index contributed by atoms with van der Waals surface area (Å²) in [6.45, 7) is 6.45. The lowest BCUT2D eigenvalue weighted by atomic mass is 10.1. The van der Waals surface area contributed by atoms with Crippen molar-refractivity contribution < 1.29 is 13.3 Å². The van der Waals surface area contributed by atoms with Crippen molar-refractivity contribution in [1.29, 1.82) is 0 Å². The van der Waals surface area contributed by atoms with Crippen molar-refractivity contribution in [3.05, 3.63) is 0 Å². The molecular weight excluding hydrogens is 332 g/mol. The maximum atomic E-state index is 5.41. The number of hydrogen-bond donors (Lipinski definition) is 2. The molecule has 0 saturated carbocycles. The van der Waals surface area contributed by atoms with Crippen molar-refractivity contribution in [2.24, 2.45) is 0 Å². The third-order valence-electron chi connectivity index (χ3n) is 4.71. The van der Waals surface area contributed by atoms with Crippen molar-refractivity contribution in [3.8, 4) is 0 Å². The molecule has 0 rings (SSSR count). The first-order valence-corrected chi connectivity index (χ1v) is 12.2. The van der Waals surface area contributed by atoms with Gasteiger partial charge in [-0.2, -0.15) is 0 Å². The van der Waals surface area contributed by atoms with Crippen LogP contribution in [0.4, 0.5) is 0 Å². The summed E-state index contributed by atoms with van der Waals surface area (Å²) in [6, 6.07) is 0.857. The Balaban J connectivity index is 3.21.